The molecule has 0 aromatic heterocycles. The van der Waals surface area contributed by atoms with E-state index in [1.54, 1.807) is 0 Å². The SMILES string of the molecule is CC(C)O[Si](O)(OC(C)C)OC(C)C.CC(C)O[Si](O)(OC(C)C)OC(C)C.CC(C)O[Si](O)(OC(C)C)OC(C)C.[2HH].[2HH].[CH2-]O[Si](OC(C)C)(OC(C)C)O[Si@@](C)(O)OC(C)C.[CH2]=[W].[CH3-].[CH3-].[CH3-].[CH3-].[CH3-].[CH3-].[CH3-].[CH3-].[CH3-].[CH3-].[CH3-].[CH]#[W].[CH]#[W].[W]. The summed E-state index contributed by atoms with van der Waals surface area (Å²) in [4.78, 5) is 43.6. The minimum Gasteiger partial charge on any atom is 0 e. The van der Waals surface area contributed by atoms with Gasteiger partial charge in [-0.15, -0.1) is 0 Å². The Balaban J connectivity index is -0.0000000287. The molecule has 0 aliphatic heterocycles. The first-order valence-corrected chi connectivity index (χ1v) is 36.6. The van der Waals surface area contributed by atoms with Gasteiger partial charge in [-0.2, -0.15) is 0 Å². The van der Waals surface area contributed by atoms with Crippen LogP contribution < -0.4 is 0 Å². The van der Waals surface area contributed by atoms with Crippen LogP contribution in [0.15, 0.2) is 0 Å². The maximum absolute atomic E-state index is 10.2. The van der Waals surface area contributed by atoms with E-state index in [-0.39, 0.29) is 179 Å². The molecule has 0 bridgehead atoms. The molecule has 27 heteroatoms. The summed E-state index contributed by atoms with van der Waals surface area (Å²) < 4.78 is 84.3. The monoisotopic (exact) mass is 1920 g/mol. The van der Waals surface area contributed by atoms with Crippen LogP contribution in [0.2, 0.25) is 6.55 Å². The zero-order valence-electron chi connectivity index (χ0n) is 57.1. The fourth-order valence-corrected chi connectivity index (χ4v) is 15.1. The van der Waals surface area contributed by atoms with Gasteiger partial charge in [-0.05, 0) is 166 Å². The smallest absolute Gasteiger partial charge is 0 e. The topological polar surface area (TPSA) is 210 Å². The molecule has 0 aliphatic rings. The third-order valence-corrected chi connectivity index (χ3v) is 17.4. The molecule has 0 saturated heterocycles. The number of hydrogen-bond acceptors (Lipinski definition) is 18. The first-order chi connectivity index (χ1) is 30.3. The van der Waals surface area contributed by atoms with Crippen molar-refractivity contribution in [2.75, 3.05) is 0 Å². The second-order valence-corrected chi connectivity index (χ2v) is 27.1. The predicted octanol–water partition coefficient (Wildman–Crippen LogP) is 12.8. The fraction of sp³-hybridized carbons (Fsp3) is 0.712. The Bertz CT molecular complexity index is 1010. The average molecular weight is 1930 g/mol. The Kier molecular flexibility index (Phi) is 128. The standard InChI is InChI=1S/C11H27O6Si2.3C9H22O4Si.11CH3.CH2.2CH.4W.2H2/c1-9(2)14-18(8,12)17-19(13-7,15-10(3)4)16-11(5)6;3*1-7(2)11-14(10,12-8(3)4)13-9(5)6;;;;;;;;;;;;;;;;;;;;/h9-12H,7H2,1-6,8H3;3*7-10H,1-6H3;11*1H3;1H2;2*1H;;;;;2*1H/q-1;;;;11*-1;;;;;;;;;/t18-;;;;;;;;;;;;;;;;;;;;;;;/m0......................./s1/i;;;;;;;;;;;;;;;;;;;;;;2*1+1. The minimum absolute atomic E-state index is 0. The number of hydrogen-bond donors (Lipinski definition) is 4. The van der Waals surface area contributed by atoms with Crippen molar-refractivity contribution in [3.63, 3.8) is 0 Å². The van der Waals surface area contributed by atoms with Crippen LogP contribution >= 0.6 is 0 Å². The molecule has 0 saturated carbocycles. The second kappa shape index (κ2) is 74.8. The largest absolute Gasteiger partial charge is 0 e. The predicted molar refractivity (Wildman–Crippen MR) is 337 cm³/mol. The third-order valence-electron chi connectivity index (χ3n) is 5.17. The Labute approximate surface area is 551 Å². The van der Waals surface area contributed by atoms with Crippen molar-refractivity contribution >= 4 is 49.9 Å². The molecule has 0 spiro atoms. The molecule has 0 aliphatic carbocycles. The van der Waals surface area contributed by atoms with Crippen molar-refractivity contribution in [3.05, 3.63) is 88.8 Å². The Morgan fingerprint density at radius 1 is 0.316 bits per heavy atom. The van der Waals surface area contributed by atoms with Gasteiger partial charge in [-0.3, -0.25) is 0 Å². The van der Waals surface area contributed by atoms with Gasteiger partial charge in [0.2, 0.25) is 0 Å². The van der Waals surface area contributed by atoms with E-state index in [1.165, 1.54) is 25.9 Å². The summed E-state index contributed by atoms with van der Waals surface area (Å²) in [7, 11) is -13.9. The van der Waals surface area contributed by atoms with Crippen LogP contribution in [-0.4, -0.2) is 142 Å². The van der Waals surface area contributed by atoms with Gasteiger partial charge in [0.15, 0.2) is 0 Å². The third kappa shape index (κ3) is 97.1. The molecule has 0 aromatic carbocycles. The Hall–Kier alpha value is 2.55. The van der Waals surface area contributed by atoms with E-state index >= 15 is 0 Å². The molecule has 79 heavy (non-hydrogen) atoms. The second-order valence-electron chi connectivity index (χ2n) is 17.2. The summed E-state index contributed by atoms with van der Waals surface area (Å²) >= 11 is 3.50. The summed E-state index contributed by atoms with van der Waals surface area (Å²) in [5.74, 6) is 0. The van der Waals surface area contributed by atoms with Crippen LogP contribution in [-0.2, 0) is 140 Å². The van der Waals surface area contributed by atoms with E-state index in [9.17, 15) is 19.2 Å². The normalized spacial score (nSPS) is 11.1. The van der Waals surface area contributed by atoms with Crippen molar-refractivity contribution in [2.45, 2.75) is 246 Å². The maximum Gasteiger partial charge on any atom is 0 e. The van der Waals surface area contributed by atoms with E-state index < -0.39 is 45.0 Å². The van der Waals surface area contributed by atoms with Crippen LogP contribution in [0.25, 0.3) is 0 Å². The van der Waals surface area contributed by atoms with Gasteiger partial charge in [0.25, 0.3) is 0 Å². The quantitative estimate of drug-likeness (QED) is 0.0445. The molecule has 0 fully saturated rings. The van der Waals surface area contributed by atoms with E-state index in [0.717, 1.165) is 38.3 Å². The van der Waals surface area contributed by atoms with Crippen LogP contribution in [0.3, 0.4) is 0 Å². The van der Waals surface area contributed by atoms with Crippen LogP contribution in [0.5, 0.6) is 0 Å². The van der Waals surface area contributed by atoms with Crippen LogP contribution in [0.1, 0.15) is 169 Å². The number of rotatable bonds is 27. The summed E-state index contributed by atoms with van der Waals surface area (Å²) in [6, 6.07) is 0. The molecule has 0 heterocycles. The van der Waals surface area contributed by atoms with E-state index in [2.05, 4.69) is 21.4 Å². The van der Waals surface area contributed by atoms with Crippen LogP contribution in [0, 0.1) is 98.2 Å². The molecule has 4 N–H and O–H groups in total. The van der Waals surface area contributed by atoms with Gasteiger partial charge < -0.3 is 163 Å². The zero-order valence-corrected chi connectivity index (χ0v) is 73.9. The van der Waals surface area contributed by atoms with Crippen molar-refractivity contribution in [1.29, 1.82) is 0 Å². The van der Waals surface area contributed by atoms with Crippen molar-refractivity contribution in [2.24, 2.45) is 0 Å². The molecule has 0 unspecified atom stereocenters. The van der Waals surface area contributed by atoms with Gasteiger partial charge in [0, 0.05) is 104 Å². The Morgan fingerprint density at radius 2 is 0.430 bits per heavy atom. The average Bonchev–Trinajstić information content (AvgIpc) is 3.06. The van der Waals surface area contributed by atoms with Gasteiger partial charge >= 0.3 is 117 Å². The maximum atomic E-state index is 10.2. The van der Waals surface area contributed by atoms with Gasteiger partial charge in [-0.1, -0.05) is 0 Å². The molecule has 0 rings (SSSR count). The molecule has 0 radical (unpaired) electrons. The first kappa shape index (κ1) is 135. The minimum atomic E-state index is -3.52. The summed E-state index contributed by atoms with van der Waals surface area (Å²) in [6.45, 7) is 45.5. The van der Waals surface area contributed by atoms with Crippen LogP contribution in [0.4, 0.5) is 0 Å². The molecule has 18 nitrogen and oxygen atoms in total. The molecule has 506 valence electrons. The fourth-order valence-electron chi connectivity index (χ4n) is 4.37. The molecule has 0 amide bonds. The summed E-state index contributed by atoms with van der Waals surface area (Å²) in [5.41, 5.74) is 0. The molecular formula is C52H134O18Si5W4-12. The van der Waals surface area contributed by atoms with E-state index in [0.29, 0.717) is 0 Å². The van der Waals surface area contributed by atoms with E-state index in [4.69, 9.17) is 61.7 Å². The van der Waals surface area contributed by atoms with E-state index in [1.807, 2.05) is 166 Å². The first-order valence-electron chi connectivity index (χ1n) is 22.2. The zero-order chi connectivity index (χ0) is 55.3. The van der Waals surface area contributed by atoms with Crippen molar-refractivity contribution in [1.82, 2.24) is 0 Å². The van der Waals surface area contributed by atoms with Gasteiger partial charge in [-0.25, -0.2) is 7.11 Å². The summed E-state index contributed by atoms with van der Waals surface area (Å²) in [6.07, 6.45) is -1.50. The van der Waals surface area contributed by atoms with Gasteiger partial charge in [0.1, 0.15) is 0 Å². The Morgan fingerprint density at radius 3 is 0.519 bits per heavy atom. The van der Waals surface area contributed by atoms with Crippen molar-refractivity contribution in [3.8, 4) is 9.41 Å². The molecular weight excluding hydrogens is 1790 g/mol. The molecule has 1 atom stereocenters. The molecule has 0 aromatic rings. The van der Waals surface area contributed by atoms with Crippen molar-refractivity contribution < 1.29 is 162 Å². The van der Waals surface area contributed by atoms with Gasteiger partial charge in [0.05, 0.1) is 0 Å². The summed E-state index contributed by atoms with van der Waals surface area (Å²) in [5, 5.41) is 0.